The van der Waals surface area contributed by atoms with Crippen LogP contribution in [-0.2, 0) is 14.3 Å². The molecular formula is C12H23NO6. The highest BCUT2D eigenvalue weighted by Crippen LogP contribution is 2.24. The summed E-state index contributed by atoms with van der Waals surface area (Å²) >= 11 is 0. The number of ether oxygens (including phenoxy) is 2. The Morgan fingerprint density at radius 2 is 2.11 bits per heavy atom. The zero-order chi connectivity index (χ0) is 14.6. The van der Waals surface area contributed by atoms with E-state index in [2.05, 4.69) is 5.32 Å². The zero-order valence-electron chi connectivity index (χ0n) is 11.5. The number of nitrogens with one attached hydrogen (secondary N) is 1. The lowest BCUT2D eigenvalue weighted by Crippen LogP contribution is -2.62. The van der Waals surface area contributed by atoms with Crippen molar-refractivity contribution in [2.24, 2.45) is 0 Å². The Morgan fingerprint density at radius 3 is 2.63 bits per heavy atom. The maximum absolute atomic E-state index is 11.1. The van der Waals surface area contributed by atoms with Crippen LogP contribution in [0.15, 0.2) is 0 Å². The van der Waals surface area contributed by atoms with E-state index in [-0.39, 0.29) is 19.1 Å². The summed E-state index contributed by atoms with van der Waals surface area (Å²) < 4.78 is 11.0. The van der Waals surface area contributed by atoms with E-state index < -0.39 is 30.1 Å². The average Bonchev–Trinajstić information content (AvgIpc) is 2.28. The fourth-order valence-electron chi connectivity index (χ4n) is 1.93. The van der Waals surface area contributed by atoms with Crippen molar-refractivity contribution in [3.05, 3.63) is 0 Å². The highest BCUT2D eigenvalue weighted by molar-refractivity contribution is 5.73. The highest BCUT2D eigenvalue weighted by Gasteiger charge is 2.42. The van der Waals surface area contributed by atoms with Crippen LogP contribution in [-0.4, -0.2) is 64.6 Å². The molecule has 1 aliphatic rings. The Labute approximate surface area is 112 Å². The Kier molecular flexibility index (Phi) is 5.69. The molecule has 0 aromatic rings. The van der Waals surface area contributed by atoms with Gasteiger partial charge in [-0.1, -0.05) is 0 Å². The van der Waals surface area contributed by atoms with E-state index in [4.69, 9.17) is 14.6 Å². The van der Waals surface area contributed by atoms with Gasteiger partial charge in [0, 0.05) is 13.5 Å². The topological polar surface area (TPSA) is 108 Å². The summed E-state index contributed by atoms with van der Waals surface area (Å²) in [4.78, 5) is 11.1. The van der Waals surface area contributed by atoms with Crippen molar-refractivity contribution in [3.63, 3.8) is 0 Å². The Hall–Kier alpha value is -0.730. The SMILES string of the molecule is CC(=O)N[C@H]1C(OC(C)(C)CCO)OC[C@H](O)[C@@H]1O. The maximum Gasteiger partial charge on any atom is 0.217 e. The molecule has 19 heavy (non-hydrogen) atoms. The van der Waals surface area contributed by atoms with Crippen molar-refractivity contribution in [1.29, 1.82) is 0 Å². The van der Waals surface area contributed by atoms with Crippen LogP contribution >= 0.6 is 0 Å². The van der Waals surface area contributed by atoms with Crippen LogP contribution < -0.4 is 5.32 Å². The van der Waals surface area contributed by atoms with Crippen molar-refractivity contribution in [2.75, 3.05) is 13.2 Å². The van der Waals surface area contributed by atoms with Crippen LogP contribution in [0.4, 0.5) is 0 Å². The van der Waals surface area contributed by atoms with E-state index in [1.807, 2.05) is 0 Å². The van der Waals surface area contributed by atoms with Crippen molar-refractivity contribution >= 4 is 5.91 Å². The number of aliphatic hydroxyl groups is 3. The normalized spacial score (nSPS) is 32.1. The molecule has 1 amide bonds. The number of hydrogen-bond acceptors (Lipinski definition) is 6. The lowest BCUT2D eigenvalue weighted by molar-refractivity contribution is -0.267. The molecule has 1 rings (SSSR count). The second-order valence-electron chi connectivity index (χ2n) is 5.34. The third-order valence-corrected chi connectivity index (χ3v) is 3.01. The van der Waals surface area contributed by atoms with E-state index in [0.29, 0.717) is 6.42 Å². The van der Waals surface area contributed by atoms with Gasteiger partial charge in [0.1, 0.15) is 18.2 Å². The Bertz CT molecular complexity index is 309. The Morgan fingerprint density at radius 1 is 1.47 bits per heavy atom. The number of carbonyl (C=O) groups is 1. The minimum Gasteiger partial charge on any atom is -0.396 e. The number of aliphatic hydroxyl groups excluding tert-OH is 3. The van der Waals surface area contributed by atoms with Crippen LogP contribution in [0.3, 0.4) is 0 Å². The van der Waals surface area contributed by atoms with Crippen LogP contribution in [0.25, 0.3) is 0 Å². The average molecular weight is 277 g/mol. The van der Waals surface area contributed by atoms with Gasteiger partial charge in [-0.2, -0.15) is 0 Å². The largest absolute Gasteiger partial charge is 0.396 e. The molecule has 1 aliphatic heterocycles. The molecule has 4 atom stereocenters. The van der Waals surface area contributed by atoms with Crippen LogP contribution in [0.2, 0.25) is 0 Å². The third kappa shape index (κ3) is 4.70. The van der Waals surface area contributed by atoms with Crippen molar-refractivity contribution in [1.82, 2.24) is 5.32 Å². The number of hydrogen-bond donors (Lipinski definition) is 4. The van der Waals surface area contributed by atoms with E-state index in [0.717, 1.165) is 0 Å². The summed E-state index contributed by atoms with van der Waals surface area (Å²) in [7, 11) is 0. The number of carbonyl (C=O) groups excluding carboxylic acids is 1. The van der Waals surface area contributed by atoms with Gasteiger partial charge in [0.05, 0.1) is 12.2 Å². The predicted molar refractivity (Wildman–Crippen MR) is 66.2 cm³/mol. The lowest BCUT2D eigenvalue weighted by atomic mass is 10.0. The maximum atomic E-state index is 11.1. The molecule has 1 saturated heterocycles. The molecule has 0 spiro atoms. The van der Waals surface area contributed by atoms with E-state index in [1.54, 1.807) is 13.8 Å². The van der Waals surface area contributed by atoms with E-state index in [9.17, 15) is 15.0 Å². The molecule has 4 N–H and O–H groups in total. The van der Waals surface area contributed by atoms with Gasteiger partial charge >= 0.3 is 0 Å². The summed E-state index contributed by atoms with van der Waals surface area (Å²) in [6.07, 6.45) is -2.72. The first-order valence-electron chi connectivity index (χ1n) is 6.30. The first-order valence-corrected chi connectivity index (χ1v) is 6.30. The summed E-state index contributed by atoms with van der Waals surface area (Å²) in [5.74, 6) is -0.352. The van der Waals surface area contributed by atoms with Gasteiger partial charge in [-0.05, 0) is 20.3 Å². The molecule has 1 unspecified atom stereocenters. The van der Waals surface area contributed by atoms with Crippen molar-refractivity contribution in [3.8, 4) is 0 Å². The van der Waals surface area contributed by atoms with Crippen molar-refractivity contribution in [2.45, 2.75) is 57.3 Å². The molecule has 0 aliphatic carbocycles. The Balaban J connectivity index is 2.75. The minimum absolute atomic E-state index is 0.0459. The molecule has 7 nitrogen and oxygen atoms in total. The fourth-order valence-corrected chi connectivity index (χ4v) is 1.93. The quantitative estimate of drug-likeness (QED) is 0.500. The van der Waals surface area contributed by atoms with E-state index in [1.165, 1.54) is 6.92 Å². The second kappa shape index (κ2) is 6.62. The van der Waals surface area contributed by atoms with Crippen LogP contribution in [0.1, 0.15) is 27.2 Å². The molecule has 1 heterocycles. The molecule has 0 aromatic carbocycles. The molecular weight excluding hydrogens is 254 g/mol. The number of amides is 1. The zero-order valence-corrected chi connectivity index (χ0v) is 11.5. The molecule has 0 aromatic heterocycles. The van der Waals surface area contributed by atoms with Gasteiger partial charge in [-0.15, -0.1) is 0 Å². The highest BCUT2D eigenvalue weighted by atomic mass is 16.7. The molecule has 0 radical (unpaired) electrons. The van der Waals surface area contributed by atoms with Gasteiger partial charge in [0.15, 0.2) is 6.29 Å². The molecule has 1 fully saturated rings. The first kappa shape index (κ1) is 16.3. The molecule has 0 saturated carbocycles. The summed E-state index contributed by atoms with van der Waals surface area (Å²) in [5.41, 5.74) is -0.669. The molecule has 112 valence electrons. The van der Waals surface area contributed by atoms with Gasteiger partial charge in [0.25, 0.3) is 0 Å². The van der Waals surface area contributed by atoms with Gasteiger partial charge in [0.2, 0.25) is 5.91 Å². The first-order chi connectivity index (χ1) is 8.76. The molecule has 7 heteroatoms. The standard InChI is InChI=1S/C12H23NO6/c1-7(15)13-9-10(17)8(16)6-18-11(9)19-12(2,3)4-5-14/h8-11,14,16-17H,4-6H2,1-3H3,(H,13,15)/t8-,9+,10-,11?/m0/s1. The van der Waals surface area contributed by atoms with Gasteiger partial charge < -0.3 is 30.1 Å². The van der Waals surface area contributed by atoms with E-state index >= 15 is 0 Å². The summed E-state index contributed by atoms with van der Waals surface area (Å²) in [6, 6.07) is -0.848. The minimum atomic E-state index is -1.16. The second-order valence-corrected chi connectivity index (χ2v) is 5.34. The summed E-state index contributed by atoms with van der Waals surface area (Å²) in [5, 5.41) is 30.9. The number of rotatable bonds is 5. The monoisotopic (exact) mass is 277 g/mol. The smallest absolute Gasteiger partial charge is 0.217 e. The van der Waals surface area contributed by atoms with Crippen LogP contribution in [0.5, 0.6) is 0 Å². The van der Waals surface area contributed by atoms with Gasteiger partial charge in [-0.3, -0.25) is 4.79 Å². The fraction of sp³-hybridized carbons (Fsp3) is 0.917. The van der Waals surface area contributed by atoms with Crippen molar-refractivity contribution < 1.29 is 29.6 Å². The van der Waals surface area contributed by atoms with Gasteiger partial charge in [-0.25, -0.2) is 0 Å². The lowest BCUT2D eigenvalue weighted by Gasteiger charge is -2.41. The third-order valence-electron chi connectivity index (χ3n) is 3.01. The molecule has 0 bridgehead atoms. The predicted octanol–water partition coefficient (Wildman–Crippen LogP) is -1.25. The summed E-state index contributed by atoms with van der Waals surface area (Å²) in [6.45, 7) is 4.74. The van der Waals surface area contributed by atoms with Crippen LogP contribution in [0, 0.1) is 0 Å².